The van der Waals surface area contributed by atoms with Gasteiger partial charge in [0.1, 0.15) is 0 Å². The molecule has 1 N–H and O–H groups in total. The highest BCUT2D eigenvalue weighted by atomic mass is 79.9. The van der Waals surface area contributed by atoms with Crippen molar-refractivity contribution in [2.45, 2.75) is 32.7 Å². The maximum Gasteiger partial charge on any atom is 0.0860 e. The molecule has 0 amide bonds. The Morgan fingerprint density at radius 3 is 2.69 bits per heavy atom. The molecular formula is C11H19BrClN3. The Labute approximate surface area is 111 Å². The van der Waals surface area contributed by atoms with Gasteiger partial charge in [0.2, 0.25) is 0 Å². The molecule has 0 aliphatic heterocycles. The van der Waals surface area contributed by atoms with Crippen LogP contribution in [0.2, 0.25) is 5.02 Å². The van der Waals surface area contributed by atoms with Crippen molar-refractivity contribution < 1.29 is 0 Å². The highest BCUT2D eigenvalue weighted by molar-refractivity contribution is 9.09. The number of nitrogens with one attached hydrogen (secondary N) is 1. The molecule has 0 saturated carbocycles. The smallest absolute Gasteiger partial charge is 0.0860 e. The molecule has 1 heterocycles. The summed E-state index contributed by atoms with van der Waals surface area (Å²) < 4.78 is 1.85. The predicted molar refractivity (Wildman–Crippen MR) is 72.3 cm³/mol. The first kappa shape index (κ1) is 14.0. The van der Waals surface area contributed by atoms with Crippen LogP contribution in [0.1, 0.15) is 30.7 Å². The van der Waals surface area contributed by atoms with Gasteiger partial charge < -0.3 is 5.32 Å². The number of hydrogen-bond donors (Lipinski definition) is 1. The van der Waals surface area contributed by atoms with E-state index in [-0.39, 0.29) is 0 Å². The molecule has 0 aliphatic carbocycles. The third kappa shape index (κ3) is 4.07. The molecule has 0 atom stereocenters. The van der Waals surface area contributed by atoms with E-state index in [2.05, 4.69) is 26.3 Å². The Morgan fingerprint density at radius 1 is 1.38 bits per heavy atom. The molecule has 0 unspecified atom stereocenters. The highest BCUT2D eigenvalue weighted by Gasteiger charge is 2.09. The molecule has 3 nitrogen and oxygen atoms in total. The standard InChI is InChI=1S/C11H19BrClN3/c1-9-11(13)10(16(2)15-9)8-14-7-5-3-4-6-12/h14H,3-8H2,1-2H3. The quantitative estimate of drug-likeness (QED) is 0.620. The summed E-state index contributed by atoms with van der Waals surface area (Å²) in [6.07, 6.45) is 3.71. The minimum absolute atomic E-state index is 0.787. The largest absolute Gasteiger partial charge is 0.311 e. The number of hydrogen-bond acceptors (Lipinski definition) is 2. The van der Waals surface area contributed by atoms with Gasteiger partial charge in [0, 0.05) is 18.9 Å². The van der Waals surface area contributed by atoms with E-state index < -0.39 is 0 Å². The minimum atomic E-state index is 0.787. The maximum absolute atomic E-state index is 6.15. The van der Waals surface area contributed by atoms with Crippen molar-refractivity contribution in [1.29, 1.82) is 0 Å². The average Bonchev–Trinajstić information content (AvgIpc) is 2.49. The zero-order valence-electron chi connectivity index (χ0n) is 9.89. The van der Waals surface area contributed by atoms with Crippen molar-refractivity contribution in [1.82, 2.24) is 15.1 Å². The fourth-order valence-corrected chi connectivity index (χ4v) is 2.22. The second kappa shape index (κ2) is 7.30. The summed E-state index contributed by atoms with van der Waals surface area (Å²) >= 11 is 9.57. The van der Waals surface area contributed by atoms with Crippen LogP contribution in [0.3, 0.4) is 0 Å². The Balaban J connectivity index is 2.26. The van der Waals surface area contributed by atoms with Crippen molar-refractivity contribution in [3.8, 4) is 0 Å². The lowest BCUT2D eigenvalue weighted by atomic mass is 10.2. The zero-order chi connectivity index (χ0) is 12.0. The summed E-state index contributed by atoms with van der Waals surface area (Å²) in [6.45, 7) is 3.76. The van der Waals surface area contributed by atoms with Gasteiger partial charge in [0.25, 0.3) is 0 Å². The fourth-order valence-electron chi connectivity index (χ4n) is 1.60. The number of aromatic nitrogens is 2. The molecule has 0 saturated heterocycles. The van der Waals surface area contributed by atoms with E-state index in [0.29, 0.717) is 0 Å². The summed E-state index contributed by atoms with van der Waals surface area (Å²) in [5.41, 5.74) is 1.97. The van der Waals surface area contributed by atoms with Gasteiger partial charge in [-0.2, -0.15) is 5.10 Å². The Bertz CT molecular complexity index is 325. The molecule has 0 aromatic carbocycles. The monoisotopic (exact) mass is 307 g/mol. The lowest BCUT2D eigenvalue weighted by Crippen LogP contribution is -2.17. The van der Waals surface area contributed by atoms with Gasteiger partial charge >= 0.3 is 0 Å². The average molecular weight is 309 g/mol. The maximum atomic E-state index is 6.15. The molecule has 16 heavy (non-hydrogen) atoms. The Hall–Kier alpha value is -0.0600. The lowest BCUT2D eigenvalue weighted by molar-refractivity contribution is 0.589. The summed E-state index contributed by atoms with van der Waals surface area (Å²) in [5.74, 6) is 0. The van der Waals surface area contributed by atoms with Gasteiger partial charge in [0.05, 0.1) is 16.4 Å². The van der Waals surface area contributed by atoms with Gasteiger partial charge in [-0.3, -0.25) is 4.68 Å². The van der Waals surface area contributed by atoms with Crippen LogP contribution in [-0.4, -0.2) is 21.7 Å². The minimum Gasteiger partial charge on any atom is -0.311 e. The summed E-state index contributed by atoms with van der Waals surface area (Å²) in [6, 6.07) is 0. The SMILES string of the molecule is Cc1nn(C)c(CNCCCCCBr)c1Cl. The number of nitrogens with zero attached hydrogens (tertiary/aromatic N) is 2. The molecule has 1 aromatic heterocycles. The van der Waals surface area contributed by atoms with Gasteiger partial charge in [-0.25, -0.2) is 0 Å². The van der Waals surface area contributed by atoms with E-state index in [4.69, 9.17) is 11.6 Å². The lowest BCUT2D eigenvalue weighted by Gasteiger charge is -2.05. The summed E-state index contributed by atoms with van der Waals surface area (Å²) in [7, 11) is 1.93. The van der Waals surface area contributed by atoms with Gasteiger partial charge in [-0.05, 0) is 26.3 Å². The molecule has 1 aromatic rings. The number of rotatable bonds is 7. The van der Waals surface area contributed by atoms with Crippen molar-refractivity contribution in [3.63, 3.8) is 0 Å². The van der Waals surface area contributed by atoms with E-state index in [1.165, 1.54) is 19.3 Å². The topological polar surface area (TPSA) is 29.9 Å². The van der Waals surface area contributed by atoms with E-state index in [0.717, 1.165) is 34.8 Å². The third-order valence-corrected chi connectivity index (χ3v) is 3.59. The van der Waals surface area contributed by atoms with Crippen LogP contribution in [0.5, 0.6) is 0 Å². The van der Waals surface area contributed by atoms with Crippen LogP contribution >= 0.6 is 27.5 Å². The molecule has 92 valence electrons. The first-order valence-electron chi connectivity index (χ1n) is 5.61. The molecule has 1 rings (SSSR count). The van der Waals surface area contributed by atoms with Crippen LogP contribution in [0.15, 0.2) is 0 Å². The number of halogens is 2. The summed E-state index contributed by atoms with van der Waals surface area (Å²) in [4.78, 5) is 0. The van der Waals surface area contributed by atoms with E-state index in [1.54, 1.807) is 0 Å². The van der Waals surface area contributed by atoms with E-state index in [1.807, 2.05) is 18.7 Å². The first-order chi connectivity index (χ1) is 7.66. The predicted octanol–water partition coefficient (Wildman–Crippen LogP) is 3.04. The molecule has 0 spiro atoms. The van der Waals surface area contributed by atoms with Crippen molar-refractivity contribution in [3.05, 3.63) is 16.4 Å². The van der Waals surface area contributed by atoms with Crippen LogP contribution in [0, 0.1) is 6.92 Å². The molecule has 0 radical (unpaired) electrons. The van der Waals surface area contributed by atoms with E-state index in [9.17, 15) is 0 Å². The first-order valence-corrected chi connectivity index (χ1v) is 7.11. The van der Waals surface area contributed by atoms with Gasteiger partial charge in [0.15, 0.2) is 0 Å². The molecular weight excluding hydrogens is 289 g/mol. The Kier molecular flexibility index (Phi) is 6.39. The molecule has 0 aliphatic rings. The number of alkyl halides is 1. The fraction of sp³-hybridized carbons (Fsp3) is 0.727. The van der Waals surface area contributed by atoms with Crippen molar-refractivity contribution >= 4 is 27.5 Å². The molecule has 0 bridgehead atoms. The third-order valence-electron chi connectivity index (χ3n) is 2.54. The van der Waals surface area contributed by atoms with Crippen molar-refractivity contribution in [2.75, 3.05) is 11.9 Å². The normalized spacial score (nSPS) is 11.0. The second-order valence-corrected chi connectivity index (χ2v) is 5.07. The molecule has 5 heteroatoms. The van der Waals surface area contributed by atoms with Crippen LogP contribution in [0.4, 0.5) is 0 Å². The number of aryl methyl sites for hydroxylation is 2. The number of unbranched alkanes of at least 4 members (excludes halogenated alkanes) is 2. The van der Waals surface area contributed by atoms with Crippen LogP contribution < -0.4 is 5.32 Å². The molecule has 0 fully saturated rings. The summed E-state index contributed by atoms with van der Waals surface area (Å²) in [5, 5.41) is 9.56. The Morgan fingerprint density at radius 2 is 2.12 bits per heavy atom. The van der Waals surface area contributed by atoms with E-state index >= 15 is 0 Å². The van der Waals surface area contributed by atoms with Gasteiger partial charge in [-0.1, -0.05) is 34.0 Å². The van der Waals surface area contributed by atoms with Gasteiger partial charge in [-0.15, -0.1) is 0 Å². The van der Waals surface area contributed by atoms with Crippen molar-refractivity contribution in [2.24, 2.45) is 7.05 Å². The zero-order valence-corrected chi connectivity index (χ0v) is 12.2. The second-order valence-electron chi connectivity index (χ2n) is 3.90. The highest BCUT2D eigenvalue weighted by Crippen LogP contribution is 2.18. The van der Waals surface area contributed by atoms with Crippen LogP contribution in [0.25, 0.3) is 0 Å². The van der Waals surface area contributed by atoms with Crippen LogP contribution in [-0.2, 0) is 13.6 Å².